The van der Waals surface area contributed by atoms with Gasteiger partial charge in [0.2, 0.25) is 5.91 Å². The first-order valence-electron chi connectivity index (χ1n) is 13.8. The minimum absolute atomic E-state index is 0.0816. The number of hydrogen-bond acceptors (Lipinski definition) is 4. The van der Waals surface area contributed by atoms with E-state index in [-0.39, 0.29) is 23.4 Å². The molecule has 190 valence electrons. The molecule has 3 aliphatic rings. The number of aromatic nitrogens is 1. The van der Waals surface area contributed by atoms with Gasteiger partial charge in [-0.2, -0.15) is 0 Å². The molecule has 2 atom stereocenters. The molecule has 1 saturated carbocycles. The Balaban J connectivity index is 1.60. The number of hydrogen-bond donors (Lipinski definition) is 0. The highest BCUT2D eigenvalue weighted by Gasteiger charge is 2.33. The summed E-state index contributed by atoms with van der Waals surface area (Å²) in [6.07, 6.45) is 11.7. The number of fused-ring (bicyclic) bond motifs is 1. The van der Waals surface area contributed by atoms with Gasteiger partial charge in [0.15, 0.2) is 0 Å². The van der Waals surface area contributed by atoms with Crippen molar-refractivity contribution in [3.8, 4) is 0 Å². The molecule has 0 spiro atoms. The molecule has 1 amide bonds. The largest absolute Gasteiger partial charge is 0.379 e. The Morgan fingerprint density at radius 1 is 1.12 bits per heavy atom. The van der Waals surface area contributed by atoms with E-state index in [1.165, 1.54) is 24.1 Å². The second-order valence-corrected chi connectivity index (χ2v) is 10.8. The van der Waals surface area contributed by atoms with Crippen molar-refractivity contribution >= 4 is 5.91 Å². The van der Waals surface area contributed by atoms with Crippen molar-refractivity contribution in [1.82, 2.24) is 14.4 Å². The summed E-state index contributed by atoms with van der Waals surface area (Å²) in [6, 6.07) is 2.67. The molecule has 6 heteroatoms. The molecule has 0 radical (unpaired) electrons. The van der Waals surface area contributed by atoms with Crippen LogP contribution in [0.3, 0.4) is 0 Å². The van der Waals surface area contributed by atoms with Crippen LogP contribution in [0.2, 0.25) is 0 Å². The molecular formula is C28H45N3O3. The minimum atomic E-state index is 0.0816. The molecule has 2 heterocycles. The van der Waals surface area contributed by atoms with E-state index in [2.05, 4.69) is 29.7 Å². The molecule has 2 aliphatic carbocycles. The van der Waals surface area contributed by atoms with Crippen LogP contribution in [0.4, 0.5) is 0 Å². The van der Waals surface area contributed by atoms with Gasteiger partial charge >= 0.3 is 0 Å². The van der Waals surface area contributed by atoms with Gasteiger partial charge in [0.1, 0.15) is 0 Å². The fraction of sp³-hybridized carbons (Fsp3) is 0.786. The topological polar surface area (TPSA) is 54.8 Å². The monoisotopic (exact) mass is 471 g/mol. The lowest BCUT2D eigenvalue weighted by molar-refractivity contribution is -0.140. The highest BCUT2D eigenvalue weighted by molar-refractivity contribution is 5.79. The van der Waals surface area contributed by atoms with Crippen molar-refractivity contribution < 1.29 is 9.53 Å². The summed E-state index contributed by atoms with van der Waals surface area (Å²) in [5, 5.41) is 0. The average molecular weight is 472 g/mol. The van der Waals surface area contributed by atoms with E-state index >= 15 is 0 Å². The van der Waals surface area contributed by atoms with Crippen LogP contribution in [0.15, 0.2) is 10.9 Å². The molecule has 0 N–H and O–H groups in total. The molecule has 2 unspecified atom stereocenters. The summed E-state index contributed by atoms with van der Waals surface area (Å²) in [5.74, 6) is 0.392. The Labute approximate surface area is 205 Å². The number of rotatable bonds is 8. The third-order valence-corrected chi connectivity index (χ3v) is 8.59. The third-order valence-electron chi connectivity index (χ3n) is 8.59. The number of amides is 1. The number of morpholine rings is 1. The first-order valence-corrected chi connectivity index (χ1v) is 13.8. The zero-order valence-electron chi connectivity index (χ0n) is 21.7. The van der Waals surface area contributed by atoms with Gasteiger partial charge in [-0.15, -0.1) is 0 Å². The van der Waals surface area contributed by atoms with Crippen molar-refractivity contribution in [2.24, 2.45) is 13.0 Å². The quantitative estimate of drug-likeness (QED) is 0.574. The van der Waals surface area contributed by atoms with Crippen LogP contribution in [0.25, 0.3) is 0 Å². The lowest BCUT2D eigenvalue weighted by Gasteiger charge is -2.39. The summed E-state index contributed by atoms with van der Waals surface area (Å²) in [6.45, 7) is 8.43. The Bertz CT molecular complexity index is 884. The van der Waals surface area contributed by atoms with E-state index in [4.69, 9.17) is 4.74 Å². The molecule has 0 aromatic carbocycles. The van der Waals surface area contributed by atoms with Crippen LogP contribution in [0.1, 0.15) is 88.5 Å². The Morgan fingerprint density at radius 3 is 2.53 bits per heavy atom. The maximum absolute atomic E-state index is 13.9. The average Bonchev–Trinajstić information content (AvgIpc) is 2.89. The van der Waals surface area contributed by atoms with Crippen LogP contribution in [0, 0.1) is 5.92 Å². The van der Waals surface area contributed by atoms with Crippen molar-refractivity contribution in [3.63, 3.8) is 0 Å². The molecule has 2 fully saturated rings. The van der Waals surface area contributed by atoms with Gasteiger partial charge in [0, 0.05) is 49.4 Å². The van der Waals surface area contributed by atoms with Gasteiger partial charge in [-0.1, -0.05) is 26.2 Å². The van der Waals surface area contributed by atoms with Crippen molar-refractivity contribution in [2.75, 3.05) is 26.3 Å². The predicted molar refractivity (Wildman–Crippen MR) is 136 cm³/mol. The highest BCUT2D eigenvalue weighted by atomic mass is 16.5. The molecule has 6 nitrogen and oxygen atoms in total. The number of carbonyl (C=O) groups excluding carboxylic acids is 1. The molecule has 4 rings (SSSR count). The summed E-state index contributed by atoms with van der Waals surface area (Å²) < 4.78 is 7.42. The summed E-state index contributed by atoms with van der Waals surface area (Å²) in [4.78, 5) is 31.9. The highest BCUT2D eigenvalue weighted by Crippen LogP contribution is 2.29. The molecule has 0 bridgehead atoms. The fourth-order valence-electron chi connectivity index (χ4n) is 6.40. The zero-order valence-corrected chi connectivity index (χ0v) is 21.7. The summed E-state index contributed by atoms with van der Waals surface area (Å²) >= 11 is 0. The predicted octanol–water partition coefficient (Wildman–Crippen LogP) is 4.06. The summed E-state index contributed by atoms with van der Waals surface area (Å²) in [7, 11) is 1.92. The number of ether oxygens (including phenoxy) is 1. The van der Waals surface area contributed by atoms with Crippen molar-refractivity contribution in [2.45, 2.75) is 103 Å². The van der Waals surface area contributed by atoms with Gasteiger partial charge in [-0.25, -0.2) is 0 Å². The third kappa shape index (κ3) is 5.76. The lowest BCUT2D eigenvalue weighted by Crippen LogP contribution is -2.49. The normalized spacial score (nSPS) is 21.6. The van der Waals surface area contributed by atoms with Gasteiger partial charge in [0.05, 0.1) is 19.8 Å². The standard InChI is InChI=1S/C28H45N3O3/c1-4-25(18-21(2)30-14-16-34-17-15-30)31(28(33)22-10-6-5-7-11-22)20-24-19-23-12-8-9-13-26(23)29(3)27(24)32/h19,21-22,25H,4-18,20H2,1-3H3. The second kappa shape index (κ2) is 11.9. The zero-order chi connectivity index (χ0) is 24.1. The number of nitrogens with zero attached hydrogens (tertiary/aromatic N) is 3. The Hall–Kier alpha value is -1.66. The second-order valence-electron chi connectivity index (χ2n) is 10.8. The Kier molecular flexibility index (Phi) is 8.86. The molecule has 1 aromatic heterocycles. The van der Waals surface area contributed by atoms with Crippen LogP contribution >= 0.6 is 0 Å². The first kappa shape index (κ1) is 25.4. The van der Waals surface area contributed by atoms with Crippen molar-refractivity contribution in [1.29, 1.82) is 0 Å². The molecular weight excluding hydrogens is 426 g/mol. The SMILES string of the molecule is CCC(CC(C)N1CCOCC1)N(Cc1cc2c(n(C)c1=O)CCCC2)C(=O)C1CCCCC1. The van der Waals surface area contributed by atoms with Gasteiger partial charge < -0.3 is 14.2 Å². The van der Waals surface area contributed by atoms with Crippen LogP contribution in [-0.2, 0) is 36.0 Å². The van der Waals surface area contributed by atoms with Gasteiger partial charge in [-0.3, -0.25) is 14.5 Å². The van der Waals surface area contributed by atoms with E-state index in [9.17, 15) is 9.59 Å². The van der Waals surface area contributed by atoms with Gasteiger partial charge in [0.25, 0.3) is 5.56 Å². The van der Waals surface area contributed by atoms with Gasteiger partial charge in [-0.05, 0) is 69.9 Å². The minimum Gasteiger partial charge on any atom is -0.379 e. The lowest BCUT2D eigenvalue weighted by atomic mass is 9.87. The molecule has 1 saturated heterocycles. The molecule has 1 aliphatic heterocycles. The van der Waals surface area contributed by atoms with Crippen LogP contribution < -0.4 is 5.56 Å². The summed E-state index contributed by atoms with van der Waals surface area (Å²) in [5.41, 5.74) is 3.38. The molecule has 34 heavy (non-hydrogen) atoms. The smallest absolute Gasteiger partial charge is 0.255 e. The van der Waals surface area contributed by atoms with Crippen molar-refractivity contribution in [3.05, 3.63) is 33.2 Å². The number of carbonyl (C=O) groups is 1. The van der Waals surface area contributed by atoms with E-state index in [0.29, 0.717) is 12.6 Å². The van der Waals surface area contributed by atoms with E-state index in [1.807, 2.05) is 11.6 Å². The Morgan fingerprint density at radius 2 is 1.82 bits per heavy atom. The molecule has 1 aromatic rings. The fourth-order valence-corrected chi connectivity index (χ4v) is 6.40. The first-order chi connectivity index (χ1) is 16.5. The number of pyridine rings is 1. The van der Waals surface area contributed by atoms with E-state index in [0.717, 1.165) is 89.7 Å². The van der Waals surface area contributed by atoms with Crippen LogP contribution in [-0.4, -0.2) is 58.7 Å². The van der Waals surface area contributed by atoms with Crippen LogP contribution in [0.5, 0.6) is 0 Å². The number of aryl methyl sites for hydroxylation is 1. The maximum atomic E-state index is 13.9. The van der Waals surface area contributed by atoms with E-state index in [1.54, 1.807) is 0 Å². The van der Waals surface area contributed by atoms with E-state index < -0.39 is 0 Å². The maximum Gasteiger partial charge on any atom is 0.255 e.